The van der Waals surface area contributed by atoms with Crippen molar-refractivity contribution in [3.05, 3.63) is 107 Å². The molecule has 0 fully saturated rings. The van der Waals surface area contributed by atoms with Crippen LogP contribution in [0.15, 0.2) is 84.9 Å². The molecule has 2 N–H and O–H groups in total. The zero-order valence-electron chi connectivity index (χ0n) is 15.1. The Morgan fingerprint density at radius 1 is 0.720 bits per heavy atom. The van der Waals surface area contributed by atoms with Crippen LogP contribution in [-0.4, -0.2) is 19.2 Å². The van der Waals surface area contributed by atoms with Crippen molar-refractivity contribution < 1.29 is 10.0 Å². The quantitative estimate of drug-likeness (QED) is 0.689. The lowest BCUT2D eigenvalue weighted by Crippen LogP contribution is -3.05. The molecule has 0 aliphatic carbocycles. The third-order valence-electron chi connectivity index (χ3n) is 5.07. The van der Waals surface area contributed by atoms with Crippen LogP contribution < -0.4 is 4.90 Å². The van der Waals surface area contributed by atoms with E-state index in [0.29, 0.717) is 0 Å². The van der Waals surface area contributed by atoms with Gasteiger partial charge < -0.3 is 10.0 Å². The first-order valence-electron chi connectivity index (χ1n) is 8.78. The summed E-state index contributed by atoms with van der Waals surface area (Å²) in [6, 6.07) is 28.4. The molecule has 0 radical (unpaired) electrons. The maximum Gasteiger partial charge on any atom is 0.141 e. The molecule has 0 aromatic heterocycles. The van der Waals surface area contributed by atoms with Gasteiger partial charge in [-0.05, 0) is 18.1 Å². The highest BCUT2D eigenvalue weighted by Crippen LogP contribution is 2.39. The van der Waals surface area contributed by atoms with Gasteiger partial charge in [-0.3, -0.25) is 0 Å². The van der Waals surface area contributed by atoms with Crippen LogP contribution in [0.2, 0.25) is 0 Å². The minimum absolute atomic E-state index is 0.273. The number of hydrogen-bond acceptors (Lipinski definition) is 1. The molecular weight excluding hydrogens is 306 g/mol. The molecule has 3 aromatic carbocycles. The highest BCUT2D eigenvalue weighted by atomic mass is 16.3. The van der Waals surface area contributed by atoms with Crippen LogP contribution >= 0.6 is 0 Å². The Morgan fingerprint density at radius 2 is 1.16 bits per heavy atom. The summed E-state index contributed by atoms with van der Waals surface area (Å²) < 4.78 is 0. The minimum Gasteiger partial charge on any atom is -0.376 e. The standard InChI is InChI=1S/C23H25NO/c1-18(24(2)3)21-16-10-11-17-22(21)23(25,19-12-6-4-7-13-19)20-14-8-5-9-15-20/h4-18,25H,1-3H3/p+1/t18-/m1/s1. The van der Waals surface area contributed by atoms with Crippen LogP contribution in [0.4, 0.5) is 0 Å². The maximum atomic E-state index is 12.0. The molecule has 1 atom stereocenters. The second-order valence-electron chi connectivity index (χ2n) is 6.83. The Balaban J connectivity index is 2.28. The van der Waals surface area contributed by atoms with Crippen LogP contribution in [-0.2, 0) is 5.60 Å². The lowest BCUT2D eigenvalue weighted by Gasteiger charge is -2.33. The van der Waals surface area contributed by atoms with Gasteiger partial charge in [-0.2, -0.15) is 0 Å². The summed E-state index contributed by atoms with van der Waals surface area (Å²) >= 11 is 0. The molecule has 0 aliphatic heterocycles. The van der Waals surface area contributed by atoms with Crippen LogP contribution in [0.3, 0.4) is 0 Å². The Bertz CT molecular complexity index is 772. The predicted octanol–water partition coefficient (Wildman–Crippen LogP) is 3.18. The van der Waals surface area contributed by atoms with Crippen molar-refractivity contribution in [3.8, 4) is 0 Å². The van der Waals surface area contributed by atoms with Crippen molar-refractivity contribution in [3.63, 3.8) is 0 Å². The van der Waals surface area contributed by atoms with Crippen molar-refractivity contribution >= 4 is 0 Å². The van der Waals surface area contributed by atoms with Gasteiger partial charge in [-0.1, -0.05) is 84.9 Å². The van der Waals surface area contributed by atoms with Crippen LogP contribution in [0, 0.1) is 0 Å². The average molecular weight is 332 g/mol. The SMILES string of the molecule is C[C@H](c1ccccc1C(O)(c1ccccc1)c1ccccc1)[NH+](C)C. The summed E-state index contributed by atoms with van der Waals surface area (Å²) in [5, 5.41) is 12.0. The van der Waals surface area contributed by atoms with Gasteiger partial charge in [-0.25, -0.2) is 0 Å². The van der Waals surface area contributed by atoms with Gasteiger partial charge in [0.05, 0.1) is 14.1 Å². The number of aliphatic hydroxyl groups is 1. The molecule has 2 heteroatoms. The molecule has 2 nitrogen and oxygen atoms in total. The van der Waals surface area contributed by atoms with E-state index in [1.165, 1.54) is 4.90 Å². The predicted molar refractivity (Wildman–Crippen MR) is 103 cm³/mol. The van der Waals surface area contributed by atoms with E-state index in [1.807, 2.05) is 66.7 Å². The van der Waals surface area contributed by atoms with Gasteiger partial charge in [0, 0.05) is 11.1 Å². The molecule has 0 aliphatic rings. The van der Waals surface area contributed by atoms with Gasteiger partial charge in [0.25, 0.3) is 0 Å². The van der Waals surface area contributed by atoms with Gasteiger partial charge in [-0.15, -0.1) is 0 Å². The summed E-state index contributed by atoms with van der Waals surface area (Å²) in [6.45, 7) is 2.20. The van der Waals surface area contributed by atoms with Crippen molar-refractivity contribution in [2.45, 2.75) is 18.6 Å². The molecule has 0 heterocycles. The van der Waals surface area contributed by atoms with E-state index in [2.05, 4.69) is 39.2 Å². The highest BCUT2D eigenvalue weighted by Gasteiger charge is 2.37. The third-order valence-corrected chi connectivity index (χ3v) is 5.07. The lowest BCUT2D eigenvalue weighted by molar-refractivity contribution is -0.890. The molecule has 0 unspecified atom stereocenters. The molecule has 0 amide bonds. The molecule has 0 bridgehead atoms. The van der Waals surface area contributed by atoms with Crippen molar-refractivity contribution in [2.24, 2.45) is 0 Å². The minimum atomic E-state index is -1.18. The Labute approximate surface area is 150 Å². The number of quaternary nitrogens is 1. The summed E-state index contributed by atoms with van der Waals surface area (Å²) in [5.41, 5.74) is 2.70. The second-order valence-corrected chi connectivity index (χ2v) is 6.83. The zero-order valence-corrected chi connectivity index (χ0v) is 15.1. The van der Waals surface area contributed by atoms with Crippen molar-refractivity contribution in [1.29, 1.82) is 0 Å². The number of nitrogens with one attached hydrogen (secondary N) is 1. The average Bonchev–Trinajstić information content (AvgIpc) is 2.68. The monoisotopic (exact) mass is 332 g/mol. The number of benzene rings is 3. The Morgan fingerprint density at radius 3 is 1.64 bits per heavy atom. The fourth-order valence-electron chi connectivity index (χ4n) is 3.35. The Kier molecular flexibility index (Phi) is 5.03. The first-order valence-corrected chi connectivity index (χ1v) is 8.78. The molecule has 3 rings (SSSR count). The topological polar surface area (TPSA) is 24.7 Å². The smallest absolute Gasteiger partial charge is 0.141 e. The molecule has 3 aromatic rings. The largest absolute Gasteiger partial charge is 0.376 e. The molecule has 25 heavy (non-hydrogen) atoms. The van der Waals surface area contributed by atoms with Crippen molar-refractivity contribution in [2.75, 3.05) is 14.1 Å². The normalized spacial score (nSPS) is 13.0. The van der Waals surface area contributed by atoms with Crippen LogP contribution in [0.5, 0.6) is 0 Å². The second kappa shape index (κ2) is 7.22. The summed E-state index contributed by atoms with van der Waals surface area (Å²) in [4.78, 5) is 1.33. The molecule has 128 valence electrons. The highest BCUT2D eigenvalue weighted by molar-refractivity contribution is 5.50. The van der Waals surface area contributed by atoms with E-state index >= 15 is 0 Å². The first-order chi connectivity index (χ1) is 12.0. The number of rotatable bonds is 5. The van der Waals surface area contributed by atoms with E-state index in [-0.39, 0.29) is 6.04 Å². The lowest BCUT2D eigenvalue weighted by atomic mass is 9.77. The van der Waals surface area contributed by atoms with Gasteiger partial charge >= 0.3 is 0 Å². The van der Waals surface area contributed by atoms with Crippen molar-refractivity contribution in [1.82, 2.24) is 0 Å². The summed E-state index contributed by atoms with van der Waals surface area (Å²) in [7, 11) is 4.29. The van der Waals surface area contributed by atoms with Crippen LogP contribution in [0.25, 0.3) is 0 Å². The van der Waals surface area contributed by atoms with Gasteiger partial charge in [0.1, 0.15) is 11.6 Å². The van der Waals surface area contributed by atoms with E-state index in [1.54, 1.807) is 0 Å². The molecule has 0 saturated heterocycles. The number of hydrogen-bond donors (Lipinski definition) is 2. The summed E-state index contributed by atoms with van der Waals surface area (Å²) in [5.74, 6) is 0. The Hall–Kier alpha value is -2.42. The van der Waals surface area contributed by atoms with Gasteiger partial charge in [0.2, 0.25) is 0 Å². The third kappa shape index (κ3) is 3.23. The molecular formula is C23H26NO+. The van der Waals surface area contributed by atoms with E-state index in [0.717, 1.165) is 22.3 Å². The fourth-order valence-corrected chi connectivity index (χ4v) is 3.35. The molecule has 0 saturated carbocycles. The zero-order chi connectivity index (χ0) is 17.9. The van der Waals surface area contributed by atoms with E-state index in [4.69, 9.17) is 0 Å². The summed E-state index contributed by atoms with van der Waals surface area (Å²) in [6.07, 6.45) is 0. The van der Waals surface area contributed by atoms with Gasteiger partial charge in [0.15, 0.2) is 0 Å². The maximum absolute atomic E-state index is 12.0. The van der Waals surface area contributed by atoms with E-state index in [9.17, 15) is 5.11 Å². The van der Waals surface area contributed by atoms with Crippen LogP contribution in [0.1, 0.15) is 35.2 Å². The van der Waals surface area contributed by atoms with E-state index < -0.39 is 5.60 Å². The molecule has 0 spiro atoms. The fraction of sp³-hybridized carbons (Fsp3) is 0.217. The first kappa shape index (κ1) is 17.4.